The molecule has 1 aliphatic heterocycles. The molecule has 1 amide bonds. The number of nitrogens with zero attached hydrogens (tertiary/aromatic N) is 1. The van der Waals surface area contributed by atoms with Gasteiger partial charge in [-0.05, 0) is 42.8 Å². The molecule has 0 aliphatic carbocycles. The molecule has 0 radical (unpaired) electrons. The molecule has 0 unspecified atom stereocenters. The molecular formula is C30H33Cl3N2O5. The molecule has 7 nitrogen and oxygen atoms in total. The first-order valence-electron chi connectivity index (χ1n) is 13.0. The van der Waals surface area contributed by atoms with Crippen LogP contribution in [0.25, 0.3) is 0 Å². The number of amides is 1. The highest BCUT2D eigenvalue weighted by Crippen LogP contribution is 2.39. The Bertz CT molecular complexity index is 1260. The summed E-state index contributed by atoms with van der Waals surface area (Å²) in [5, 5.41) is 23.0. The second-order valence-electron chi connectivity index (χ2n) is 9.96. The zero-order chi connectivity index (χ0) is 28.9. The van der Waals surface area contributed by atoms with Crippen molar-refractivity contribution in [2.24, 2.45) is 0 Å². The first kappa shape index (κ1) is 30.8. The highest BCUT2D eigenvalue weighted by molar-refractivity contribution is 6.76. The average Bonchev–Trinajstić information content (AvgIpc) is 2.96. The van der Waals surface area contributed by atoms with Crippen LogP contribution in [0.2, 0.25) is 0 Å². The number of alkyl halides is 3. The van der Waals surface area contributed by atoms with Crippen molar-refractivity contribution in [2.45, 2.75) is 54.4 Å². The van der Waals surface area contributed by atoms with E-state index < -0.39 is 22.1 Å². The number of hydrogen-bond donors (Lipinski definition) is 3. The van der Waals surface area contributed by atoms with Crippen LogP contribution in [0, 0.1) is 0 Å². The molecule has 5 atom stereocenters. The quantitative estimate of drug-likeness (QED) is 0.255. The van der Waals surface area contributed by atoms with E-state index in [0.717, 1.165) is 16.7 Å². The summed E-state index contributed by atoms with van der Waals surface area (Å²) in [4.78, 5) is 14.3. The molecule has 3 aromatic carbocycles. The van der Waals surface area contributed by atoms with E-state index in [2.05, 4.69) is 10.2 Å². The first-order valence-corrected chi connectivity index (χ1v) is 14.1. The Morgan fingerprint density at radius 2 is 1.73 bits per heavy atom. The number of anilines is 1. The van der Waals surface area contributed by atoms with Gasteiger partial charge in [0.05, 0.1) is 24.9 Å². The zero-order valence-electron chi connectivity index (χ0n) is 22.2. The molecule has 4 rings (SSSR count). The topological polar surface area (TPSA) is 91.3 Å². The summed E-state index contributed by atoms with van der Waals surface area (Å²) in [7, 11) is 1.96. The summed E-state index contributed by atoms with van der Waals surface area (Å²) >= 11 is 17.1. The van der Waals surface area contributed by atoms with Gasteiger partial charge in [-0.2, -0.15) is 0 Å². The van der Waals surface area contributed by atoms with Crippen LogP contribution >= 0.6 is 34.8 Å². The molecule has 1 heterocycles. The molecule has 1 saturated heterocycles. The molecule has 1 fully saturated rings. The fourth-order valence-corrected chi connectivity index (χ4v) is 4.80. The van der Waals surface area contributed by atoms with Crippen LogP contribution in [-0.2, 0) is 20.9 Å². The van der Waals surface area contributed by atoms with Crippen molar-refractivity contribution in [3.05, 3.63) is 101 Å². The number of benzene rings is 3. The Labute approximate surface area is 249 Å². The van der Waals surface area contributed by atoms with Gasteiger partial charge in [-0.25, -0.2) is 0 Å². The van der Waals surface area contributed by atoms with Crippen molar-refractivity contribution < 1.29 is 24.5 Å². The summed E-state index contributed by atoms with van der Waals surface area (Å²) < 4.78 is 10.7. The molecule has 0 bridgehead atoms. The van der Waals surface area contributed by atoms with Crippen LogP contribution in [0.3, 0.4) is 0 Å². The number of aliphatic hydroxyl groups excluding tert-OH is 2. The largest absolute Gasteiger partial charge is 0.392 e. The number of carbonyl (C=O) groups excluding carboxylic acids is 1. The van der Waals surface area contributed by atoms with Crippen LogP contribution in [0.5, 0.6) is 0 Å². The molecule has 0 saturated carbocycles. The highest BCUT2D eigenvalue weighted by atomic mass is 35.6. The predicted molar refractivity (Wildman–Crippen MR) is 157 cm³/mol. The number of rotatable bonds is 9. The van der Waals surface area contributed by atoms with E-state index in [0.29, 0.717) is 24.2 Å². The van der Waals surface area contributed by atoms with Crippen LogP contribution in [0.4, 0.5) is 5.69 Å². The lowest BCUT2D eigenvalue weighted by atomic mass is 9.98. The number of aliphatic hydroxyl groups is 2. The van der Waals surface area contributed by atoms with Gasteiger partial charge in [-0.3, -0.25) is 9.69 Å². The average molecular weight is 608 g/mol. The monoisotopic (exact) mass is 606 g/mol. The van der Waals surface area contributed by atoms with E-state index >= 15 is 0 Å². The highest BCUT2D eigenvalue weighted by Gasteiger charge is 2.35. The van der Waals surface area contributed by atoms with E-state index in [1.165, 1.54) is 0 Å². The summed E-state index contributed by atoms with van der Waals surface area (Å²) in [5.74, 6) is -0.771. The van der Waals surface area contributed by atoms with E-state index in [9.17, 15) is 15.0 Å². The fraction of sp³-hybridized carbons (Fsp3) is 0.367. The molecule has 0 aromatic heterocycles. The Kier molecular flexibility index (Phi) is 10.5. The minimum absolute atomic E-state index is 0.0424. The van der Waals surface area contributed by atoms with Gasteiger partial charge in [0.2, 0.25) is 0 Å². The standard InChI is InChI=1S/C30H33Cl3N2O5/c1-19(27(37)22-7-4-3-5-8-22)35(2)17-25-16-26(21-13-11-20(18-36)12-14-21)40-28(39-25)23-9-6-10-24(15-23)34-29(38)30(31,32)33/h3-15,19,25-28,36-37H,16-18H2,1-2H3,(H,34,38)/t19-,25-,26+,27-,28+/m1/s1. The molecule has 40 heavy (non-hydrogen) atoms. The van der Waals surface area contributed by atoms with E-state index in [1.54, 1.807) is 18.2 Å². The van der Waals surface area contributed by atoms with Gasteiger partial charge >= 0.3 is 0 Å². The van der Waals surface area contributed by atoms with Gasteiger partial charge in [0.15, 0.2) is 6.29 Å². The maximum absolute atomic E-state index is 12.2. The number of halogens is 3. The Balaban J connectivity index is 1.55. The van der Waals surface area contributed by atoms with Gasteiger partial charge in [0.1, 0.15) is 0 Å². The van der Waals surface area contributed by atoms with E-state index in [1.807, 2.05) is 74.6 Å². The second kappa shape index (κ2) is 13.6. The van der Waals surface area contributed by atoms with Gasteiger partial charge in [-0.1, -0.05) is 102 Å². The number of likely N-dealkylation sites (N-methyl/N-ethyl adjacent to an activating group) is 1. The summed E-state index contributed by atoms with van der Waals surface area (Å²) in [5.41, 5.74) is 3.73. The molecule has 214 valence electrons. The molecule has 3 N–H and O–H groups in total. The van der Waals surface area contributed by atoms with Crippen molar-refractivity contribution in [3.63, 3.8) is 0 Å². The Morgan fingerprint density at radius 3 is 2.38 bits per heavy atom. The van der Waals surface area contributed by atoms with Crippen molar-refractivity contribution in [1.29, 1.82) is 0 Å². The molecule has 10 heteroatoms. The van der Waals surface area contributed by atoms with Crippen molar-refractivity contribution in [3.8, 4) is 0 Å². The van der Waals surface area contributed by atoms with Gasteiger partial charge in [0, 0.05) is 30.3 Å². The molecule has 3 aromatic rings. The number of hydrogen-bond acceptors (Lipinski definition) is 6. The van der Waals surface area contributed by atoms with Crippen molar-refractivity contribution >= 4 is 46.4 Å². The zero-order valence-corrected chi connectivity index (χ0v) is 24.5. The van der Waals surface area contributed by atoms with Crippen LogP contribution in [0.1, 0.15) is 54.1 Å². The smallest absolute Gasteiger partial charge is 0.276 e. The third-order valence-electron chi connectivity index (χ3n) is 7.07. The minimum atomic E-state index is -2.10. The summed E-state index contributed by atoms with van der Waals surface area (Å²) in [6.07, 6.45) is -1.36. The normalized spacial score (nSPS) is 21.1. The Morgan fingerprint density at radius 1 is 1.02 bits per heavy atom. The van der Waals surface area contributed by atoms with Crippen molar-refractivity contribution in [1.82, 2.24) is 4.90 Å². The minimum Gasteiger partial charge on any atom is -0.392 e. The third kappa shape index (κ3) is 7.96. The van der Waals surface area contributed by atoms with Gasteiger partial charge in [0.25, 0.3) is 9.70 Å². The summed E-state index contributed by atoms with van der Waals surface area (Å²) in [6.45, 7) is 2.48. The molecular weight excluding hydrogens is 575 g/mol. The van der Waals surface area contributed by atoms with Crippen molar-refractivity contribution in [2.75, 3.05) is 18.9 Å². The van der Waals surface area contributed by atoms with E-state index in [-0.39, 0.29) is 24.9 Å². The lowest BCUT2D eigenvalue weighted by Crippen LogP contribution is -2.43. The lowest BCUT2D eigenvalue weighted by molar-refractivity contribution is -0.253. The van der Waals surface area contributed by atoms with E-state index in [4.69, 9.17) is 44.3 Å². The fourth-order valence-electron chi connectivity index (χ4n) is 4.66. The van der Waals surface area contributed by atoms with Crippen LogP contribution in [-0.4, -0.2) is 50.6 Å². The lowest BCUT2D eigenvalue weighted by Gasteiger charge is -2.39. The molecule has 1 aliphatic rings. The number of carbonyl (C=O) groups is 1. The van der Waals surface area contributed by atoms with Crippen LogP contribution < -0.4 is 5.32 Å². The number of ether oxygens (including phenoxy) is 2. The maximum atomic E-state index is 12.2. The van der Waals surface area contributed by atoms with Crippen LogP contribution in [0.15, 0.2) is 78.9 Å². The molecule has 0 spiro atoms. The SMILES string of the molecule is C[C@H]([C@@H](O)c1ccccc1)N(C)C[C@H]1C[C@@H](c2ccc(CO)cc2)O[C@@H](c2cccc(NC(=O)C(Cl)(Cl)Cl)c2)O1. The van der Waals surface area contributed by atoms with Gasteiger partial charge < -0.3 is 25.0 Å². The summed E-state index contributed by atoms with van der Waals surface area (Å²) in [6, 6.07) is 24.0. The second-order valence-corrected chi connectivity index (χ2v) is 12.2. The predicted octanol–water partition coefficient (Wildman–Crippen LogP) is 6.09. The van der Waals surface area contributed by atoms with Gasteiger partial charge in [-0.15, -0.1) is 0 Å². The third-order valence-corrected chi connectivity index (χ3v) is 7.59. The Hall–Kier alpha value is -2.20. The first-order chi connectivity index (χ1) is 19.0. The maximum Gasteiger partial charge on any atom is 0.276 e. The number of nitrogens with one attached hydrogen (secondary N) is 1.